The van der Waals surface area contributed by atoms with Gasteiger partial charge in [0, 0.05) is 16.1 Å². The Morgan fingerprint density at radius 3 is 2.44 bits per heavy atom. The van der Waals surface area contributed by atoms with Crippen molar-refractivity contribution in [3.63, 3.8) is 0 Å². The first-order valence-corrected chi connectivity index (χ1v) is 8.72. The second kappa shape index (κ2) is 6.94. The van der Waals surface area contributed by atoms with Crippen LogP contribution in [0.5, 0.6) is 0 Å². The van der Waals surface area contributed by atoms with E-state index < -0.39 is 0 Å². The van der Waals surface area contributed by atoms with Gasteiger partial charge >= 0.3 is 0 Å². The fourth-order valence-electron chi connectivity index (χ4n) is 2.40. The van der Waals surface area contributed by atoms with Crippen LogP contribution in [0.25, 0.3) is 11.4 Å². The highest BCUT2D eigenvalue weighted by Gasteiger charge is 2.14. The average molecular weight is 371 g/mol. The third-order valence-electron chi connectivity index (χ3n) is 3.88. The second-order valence-corrected chi connectivity index (χ2v) is 7.55. The van der Waals surface area contributed by atoms with E-state index >= 15 is 0 Å². The van der Waals surface area contributed by atoms with Crippen molar-refractivity contribution in [3.05, 3.63) is 69.5 Å². The molecule has 0 aliphatic rings. The number of nitrogens with zero attached hydrogens (tertiary/aromatic N) is 3. The number of aromatic amines is 1. The fraction of sp³-hybridized carbons (Fsp3) is 0.211. The quantitative estimate of drug-likeness (QED) is 0.492. The maximum Gasteiger partial charge on any atom is 0.216 e. The van der Waals surface area contributed by atoms with Crippen LogP contribution in [0.3, 0.4) is 0 Å². The molecule has 0 aliphatic carbocycles. The monoisotopic (exact) mass is 370 g/mol. The summed E-state index contributed by atoms with van der Waals surface area (Å²) in [5.41, 5.74) is 3.13. The molecule has 25 heavy (non-hydrogen) atoms. The van der Waals surface area contributed by atoms with Gasteiger partial charge in [0.2, 0.25) is 4.77 Å². The number of nitrogens with one attached hydrogen (secondary N) is 1. The minimum atomic E-state index is 0.103. The molecule has 0 fully saturated rings. The molecule has 1 aromatic heterocycles. The molecule has 0 saturated carbocycles. The molecule has 0 atom stereocenters. The summed E-state index contributed by atoms with van der Waals surface area (Å²) in [6.07, 6.45) is 1.68. The van der Waals surface area contributed by atoms with Crippen LogP contribution in [0.15, 0.2) is 53.6 Å². The van der Waals surface area contributed by atoms with E-state index in [1.807, 2.05) is 36.4 Å². The normalized spacial score (nSPS) is 12.0. The van der Waals surface area contributed by atoms with Crippen molar-refractivity contribution in [3.8, 4) is 11.4 Å². The number of hydrogen-bond acceptors (Lipinski definition) is 3. The van der Waals surface area contributed by atoms with Crippen LogP contribution in [0.2, 0.25) is 5.02 Å². The highest BCUT2D eigenvalue weighted by Crippen LogP contribution is 2.25. The summed E-state index contributed by atoms with van der Waals surface area (Å²) in [7, 11) is 0. The van der Waals surface area contributed by atoms with Gasteiger partial charge in [-0.05, 0) is 29.3 Å². The Balaban J connectivity index is 1.97. The number of halogens is 1. The van der Waals surface area contributed by atoms with Crippen molar-refractivity contribution in [2.75, 3.05) is 0 Å². The van der Waals surface area contributed by atoms with Crippen LogP contribution in [-0.2, 0) is 5.41 Å². The van der Waals surface area contributed by atoms with E-state index in [0.717, 1.165) is 11.1 Å². The summed E-state index contributed by atoms with van der Waals surface area (Å²) in [6, 6.07) is 15.8. The predicted molar refractivity (Wildman–Crippen MR) is 106 cm³/mol. The standard InChI is InChI=1S/C19H19ClN4S/c1-19(2,3)15-10-8-13(9-11-15)17-22-23-18(25)24(17)21-12-14-6-4-5-7-16(14)20/h4-12H,1-3H3,(H,23,25)/b21-12+. The molecule has 128 valence electrons. The highest BCUT2D eigenvalue weighted by atomic mass is 35.5. The molecule has 3 aromatic rings. The SMILES string of the molecule is CC(C)(C)c1ccc(-c2n[nH]c(=S)n2/N=C/c2ccccc2Cl)cc1. The Hall–Kier alpha value is -2.24. The summed E-state index contributed by atoms with van der Waals surface area (Å²) in [5, 5.41) is 12.2. The average Bonchev–Trinajstić information content (AvgIpc) is 2.94. The first kappa shape index (κ1) is 17.6. The fourth-order valence-corrected chi connectivity index (χ4v) is 2.77. The topological polar surface area (TPSA) is 46.0 Å². The van der Waals surface area contributed by atoms with Gasteiger partial charge in [-0.2, -0.15) is 14.9 Å². The van der Waals surface area contributed by atoms with Gasteiger partial charge in [0.1, 0.15) is 0 Å². The zero-order valence-corrected chi connectivity index (χ0v) is 15.9. The van der Waals surface area contributed by atoms with Crippen molar-refractivity contribution in [2.24, 2.45) is 5.10 Å². The van der Waals surface area contributed by atoms with Crippen LogP contribution in [0.4, 0.5) is 0 Å². The van der Waals surface area contributed by atoms with E-state index in [1.165, 1.54) is 5.56 Å². The molecular weight excluding hydrogens is 352 g/mol. The first-order valence-electron chi connectivity index (χ1n) is 7.93. The number of H-pyrrole nitrogens is 1. The summed E-state index contributed by atoms with van der Waals surface area (Å²) in [6.45, 7) is 6.56. The van der Waals surface area contributed by atoms with Crippen molar-refractivity contribution in [2.45, 2.75) is 26.2 Å². The van der Waals surface area contributed by atoms with Crippen molar-refractivity contribution in [1.29, 1.82) is 0 Å². The maximum atomic E-state index is 6.17. The molecule has 0 aliphatic heterocycles. The van der Waals surface area contributed by atoms with E-state index in [0.29, 0.717) is 15.6 Å². The molecule has 0 amide bonds. The molecule has 0 bridgehead atoms. The molecule has 0 unspecified atom stereocenters. The molecule has 0 saturated heterocycles. The van der Waals surface area contributed by atoms with Gasteiger partial charge in [-0.15, -0.1) is 0 Å². The third-order valence-corrected chi connectivity index (χ3v) is 4.49. The smallest absolute Gasteiger partial charge is 0.216 e. The molecule has 1 heterocycles. The zero-order chi connectivity index (χ0) is 18.0. The number of hydrogen-bond donors (Lipinski definition) is 1. The lowest BCUT2D eigenvalue weighted by Gasteiger charge is -2.18. The second-order valence-electron chi connectivity index (χ2n) is 6.76. The van der Waals surface area contributed by atoms with Crippen LogP contribution in [-0.4, -0.2) is 21.1 Å². The van der Waals surface area contributed by atoms with E-state index in [-0.39, 0.29) is 5.41 Å². The predicted octanol–water partition coefficient (Wildman–Crippen LogP) is 5.44. The van der Waals surface area contributed by atoms with Gasteiger partial charge < -0.3 is 0 Å². The van der Waals surface area contributed by atoms with Gasteiger partial charge in [0.25, 0.3) is 0 Å². The van der Waals surface area contributed by atoms with Gasteiger partial charge in [0.05, 0.1) is 6.21 Å². The van der Waals surface area contributed by atoms with Gasteiger partial charge in [-0.3, -0.25) is 0 Å². The lowest BCUT2D eigenvalue weighted by atomic mass is 9.87. The van der Waals surface area contributed by atoms with Crippen molar-refractivity contribution in [1.82, 2.24) is 14.9 Å². The van der Waals surface area contributed by atoms with Crippen LogP contribution >= 0.6 is 23.8 Å². The highest BCUT2D eigenvalue weighted by molar-refractivity contribution is 7.71. The summed E-state index contributed by atoms with van der Waals surface area (Å²) in [4.78, 5) is 0. The van der Waals surface area contributed by atoms with Crippen LogP contribution in [0, 0.1) is 4.77 Å². The van der Waals surface area contributed by atoms with Crippen LogP contribution in [0.1, 0.15) is 31.9 Å². The molecule has 4 nitrogen and oxygen atoms in total. The Kier molecular flexibility index (Phi) is 4.88. The minimum absolute atomic E-state index is 0.103. The lowest BCUT2D eigenvalue weighted by molar-refractivity contribution is 0.590. The largest absolute Gasteiger partial charge is 0.250 e. The molecule has 0 radical (unpaired) electrons. The van der Waals surface area contributed by atoms with E-state index in [1.54, 1.807) is 10.9 Å². The zero-order valence-electron chi connectivity index (χ0n) is 14.3. The molecule has 0 spiro atoms. The Bertz CT molecular complexity index is 962. The Morgan fingerprint density at radius 2 is 1.80 bits per heavy atom. The van der Waals surface area contributed by atoms with E-state index in [2.05, 4.69) is 48.2 Å². The molecule has 6 heteroatoms. The van der Waals surface area contributed by atoms with Gasteiger partial charge in [0.15, 0.2) is 5.82 Å². The van der Waals surface area contributed by atoms with Gasteiger partial charge in [-0.1, -0.05) is 74.8 Å². The Labute approximate surface area is 157 Å². The van der Waals surface area contributed by atoms with Crippen LogP contribution < -0.4 is 0 Å². The minimum Gasteiger partial charge on any atom is -0.250 e. The molecule has 3 rings (SSSR count). The molecule has 1 N–H and O–H groups in total. The molecular formula is C19H19ClN4S. The number of benzene rings is 2. The number of aromatic nitrogens is 3. The van der Waals surface area contributed by atoms with Gasteiger partial charge in [-0.25, -0.2) is 5.10 Å². The maximum absolute atomic E-state index is 6.17. The summed E-state index contributed by atoms with van der Waals surface area (Å²) < 4.78 is 2.03. The van der Waals surface area contributed by atoms with E-state index in [9.17, 15) is 0 Å². The van der Waals surface area contributed by atoms with E-state index in [4.69, 9.17) is 23.8 Å². The van der Waals surface area contributed by atoms with Crippen molar-refractivity contribution >= 4 is 30.0 Å². The lowest BCUT2D eigenvalue weighted by Crippen LogP contribution is -2.10. The summed E-state index contributed by atoms with van der Waals surface area (Å²) >= 11 is 11.5. The third kappa shape index (κ3) is 3.89. The summed E-state index contributed by atoms with van der Waals surface area (Å²) in [5.74, 6) is 0.661. The Morgan fingerprint density at radius 1 is 1.12 bits per heavy atom. The van der Waals surface area contributed by atoms with Crippen molar-refractivity contribution < 1.29 is 0 Å². The first-order chi connectivity index (χ1) is 11.9. The number of rotatable bonds is 3. The molecule has 2 aromatic carbocycles.